The topological polar surface area (TPSA) is 77.2 Å². The number of carbonyl (C=O) groups is 1. The van der Waals surface area contributed by atoms with Gasteiger partial charge in [0, 0.05) is 0 Å². The second-order valence-corrected chi connectivity index (χ2v) is 5.01. The number of rotatable bonds is 6. The number of hydrogen-bond acceptors (Lipinski definition) is 5. The van der Waals surface area contributed by atoms with E-state index >= 15 is 0 Å². The lowest BCUT2D eigenvalue weighted by Gasteiger charge is -2.27. The van der Waals surface area contributed by atoms with Gasteiger partial charge in [-0.25, -0.2) is 18.3 Å². The molecule has 20 heavy (non-hydrogen) atoms. The summed E-state index contributed by atoms with van der Waals surface area (Å²) in [5, 5.41) is 17.1. The third-order valence-electron chi connectivity index (χ3n) is 3.16. The normalized spacial score (nSPS) is 14.7. The van der Waals surface area contributed by atoms with Gasteiger partial charge in [-0.15, -0.1) is 5.10 Å². The Hall–Kier alpha value is -1.57. The molecule has 0 aliphatic heterocycles. The maximum absolute atomic E-state index is 13.1. The first-order valence-corrected chi connectivity index (χ1v) is 6.31. The number of alkyl halides is 2. The molecule has 0 aromatic carbocycles. The van der Waals surface area contributed by atoms with Crippen LogP contribution in [0, 0.1) is 5.92 Å². The van der Waals surface area contributed by atoms with Gasteiger partial charge in [0.25, 0.3) is 6.43 Å². The Morgan fingerprint density at radius 2 is 2.10 bits per heavy atom. The molecular weight excluding hydrogens is 272 g/mol. The minimum Gasteiger partial charge on any atom is -0.461 e. The highest BCUT2D eigenvalue weighted by atomic mass is 19.3. The van der Waals surface area contributed by atoms with Crippen molar-refractivity contribution in [2.24, 2.45) is 5.92 Å². The molecule has 0 bridgehead atoms. The highest BCUT2D eigenvalue weighted by Gasteiger charge is 2.32. The van der Waals surface area contributed by atoms with E-state index < -0.39 is 29.4 Å². The third-order valence-corrected chi connectivity index (χ3v) is 3.16. The zero-order chi connectivity index (χ0) is 15.5. The molecule has 1 rings (SSSR count). The molecule has 1 N–H and O–H groups in total. The van der Waals surface area contributed by atoms with Crippen LogP contribution in [0.15, 0.2) is 0 Å². The van der Waals surface area contributed by atoms with Crippen molar-refractivity contribution in [1.29, 1.82) is 0 Å². The van der Waals surface area contributed by atoms with Crippen molar-refractivity contribution in [3.8, 4) is 0 Å². The van der Waals surface area contributed by atoms with Gasteiger partial charge in [-0.05, 0) is 19.8 Å². The van der Waals surface area contributed by atoms with E-state index in [0.717, 1.165) is 4.68 Å². The first-order chi connectivity index (χ1) is 9.20. The Labute approximate surface area is 115 Å². The highest BCUT2D eigenvalue weighted by molar-refractivity contribution is 5.88. The summed E-state index contributed by atoms with van der Waals surface area (Å²) >= 11 is 0. The number of aliphatic hydroxyl groups is 1. The van der Waals surface area contributed by atoms with Crippen LogP contribution in [-0.2, 0) is 11.3 Å². The molecule has 1 aromatic rings. The molecule has 0 radical (unpaired) electrons. The summed E-state index contributed by atoms with van der Waals surface area (Å²) in [5.74, 6) is -1.12. The number of halogens is 2. The minimum absolute atomic E-state index is 0.0537. The number of ether oxygens (including phenoxy) is 1. The molecule has 0 saturated carbocycles. The number of aromatic nitrogens is 3. The molecule has 0 aliphatic carbocycles. The number of esters is 1. The van der Waals surface area contributed by atoms with Crippen molar-refractivity contribution in [2.75, 3.05) is 6.61 Å². The SMILES string of the molecule is CCOC(=O)c1nnn(CC(C)(O)C(C)C)c1C(F)F. The van der Waals surface area contributed by atoms with Crippen LogP contribution in [0.4, 0.5) is 8.78 Å². The molecule has 114 valence electrons. The van der Waals surface area contributed by atoms with E-state index in [4.69, 9.17) is 0 Å². The van der Waals surface area contributed by atoms with Gasteiger partial charge >= 0.3 is 5.97 Å². The van der Waals surface area contributed by atoms with E-state index in [1.807, 2.05) is 0 Å². The molecule has 0 aliphatic rings. The predicted molar refractivity (Wildman–Crippen MR) is 66.4 cm³/mol. The third kappa shape index (κ3) is 3.50. The van der Waals surface area contributed by atoms with E-state index in [1.165, 1.54) is 6.92 Å². The molecule has 1 atom stereocenters. The largest absolute Gasteiger partial charge is 0.461 e. The van der Waals surface area contributed by atoms with Gasteiger partial charge < -0.3 is 9.84 Å². The van der Waals surface area contributed by atoms with E-state index in [1.54, 1.807) is 20.8 Å². The molecule has 0 amide bonds. The molecular formula is C12H19F2N3O3. The van der Waals surface area contributed by atoms with E-state index in [2.05, 4.69) is 15.0 Å². The van der Waals surface area contributed by atoms with Gasteiger partial charge in [0.1, 0.15) is 5.69 Å². The zero-order valence-corrected chi connectivity index (χ0v) is 11.9. The standard InChI is InChI=1S/C12H19F2N3O3/c1-5-20-11(18)8-9(10(13)14)17(16-15-8)6-12(4,19)7(2)3/h7,10,19H,5-6H2,1-4H3. The van der Waals surface area contributed by atoms with E-state index in [0.29, 0.717) is 0 Å². The van der Waals surface area contributed by atoms with Crippen molar-refractivity contribution in [1.82, 2.24) is 15.0 Å². The molecule has 8 heteroatoms. The van der Waals surface area contributed by atoms with Crippen molar-refractivity contribution >= 4 is 5.97 Å². The summed E-state index contributed by atoms with van der Waals surface area (Å²) in [6.07, 6.45) is -2.94. The van der Waals surface area contributed by atoms with E-state index in [9.17, 15) is 18.7 Å². The second kappa shape index (κ2) is 6.25. The van der Waals surface area contributed by atoms with Crippen molar-refractivity contribution in [2.45, 2.75) is 46.3 Å². The average molecular weight is 291 g/mol. The van der Waals surface area contributed by atoms with Crippen LogP contribution in [0.3, 0.4) is 0 Å². The summed E-state index contributed by atoms with van der Waals surface area (Å²) in [6.45, 7) is 6.46. The lowest BCUT2D eigenvalue weighted by Crippen LogP contribution is -2.37. The lowest BCUT2D eigenvalue weighted by molar-refractivity contribution is -0.00934. The fourth-order valence-corrected chi connectivity index (χ4v) is 1.48. The van der Waals surface area contributed by atoms with Crippen LogP contribution in [0.5, 0.6) is 0 Å². The van der Waals surface area contributed by atoms with Gasteiger partial charge in [-0.3, -0.25) is 0 Å². The summed E-state index contributed by atoms with van der Waals surface area (Å²) in [6, 6.07) is 0. The van der Waals surface area contributed by atoms with Crippen molar-refractivity contribution < 1.29 is 23.4 Å². The maximum atomic E-state index is 13.1. The van der Waals surface area contributed by atoms with E-state index in [-0.39, 0.29) is 19.1 Å². The fourth-order valence-electron chi connectivity index (χ4n) is 1.48. The maximum Gasteiger partial charge on any atom is 0.361 e. The Bertz CT molecular complexity index is 473. The van der Waals surface area contributed by atoms with Gasteiger partial charge in [-0.1, -0.05) is 19.1 Å². The monoisotopic (exact) mass is 291 g/mol. The van der Waals surface area contributed by atoms with Crippen molar-refractivity contribution in [3.05, 3.63) is 11.4 Å². The summed E-state index contributed by atoms with van der Waals surface area (Å²) in [7, 11) is 0. The fraction of sp³-hybridized carbons (Fsp3) is 0.750. The Balaban J connectivity index is 3.13. The second-order valence-electron chi connectivity index (χ2n) is 5.01. The summed E-state index contributed by atoms with van der Waals surface area (Å²) in [4.78, 5) is 11.5. The summed E-state index contributed by atoms with van der Waals surface area (Å²) < 4.78 is 31.7. The zero-order valence-electron chi connectivity index (χ0n) is 11.9. The van der Waals surface area contributed by atoms with Crippen LogP contribution in [0.25, 0.3) is 0 Å². The first-order valence-electron chi connectivity index (χ1n) is 6.31. The molecule has 1 aromatic heterocycles. The van der Waals surface area contributed by atoms with Gasteiger partial charge in [0.15, 0.2) is 5.69 Å². The van der Waals surface area contributed by atoms with Crippen LogP contribution < -0.4 is 0 Å². The minimum atomic E-state index is -2.94. The van der Waals surface area contributed by atoms with Gasteiger partial charge in [0.2, 0.25) is 0 Å². The van der Waals surface area contributed by atoms with Crippen LogP contribution >= 0.6 is 0 Å². The Kier molecular flexibility index (Phi) is 5.15. The van der Waals surface area contributed by atoms with Crippen molar-refractivity contribution in [3.63, 3.8) is 0 Å². The summed E-state index contributed by atoms with van der Waals surface area (Å²) in [5.41, 5.74) is -2.39. The Morgan fingerprint density at radius 1 is 1.50 bits per heavy atom. The first kappa shape index (κ1) is 16.5. The quantitative estimate of drug-likeness (QED) is 0.809. The lowest BCUT2D eigenvalue weighted by atomic mass is 9.92. The number of hydrogen-bond donors (Lipinski definition) is 1. The van der Waals surface area contributed by atoms with Crippen LogP contribution in [0.2, 0.25) is 0 Å². The van der Waals surface area contributed by atoms with Crippen LogP contribution in [0.1, 0.15) is 50.3 Å². The molecule has 6 nitrogen and oxygen atoms in total. The molecule has 0 saturated heterocycles. The Morgan fingerprint density at radius 3 is 2.55 bits per heavy atom. The average Bonchev–Trinajstić information content (AvgIpc) is 2.72. The smallest absolute Gasteiger partial charge is 0.361 e. The number of carbonyl (C=O) groups excluding carboxylic acids is 1. The molecule has 0 fully saturated rings. The van der Waals surface area contributed by atoms with Crippen LogP contribution in [-0.4, -0.2) is 38.3 Å². The molecule has 0 spiro atoms. The van der Waals surface area contributed by atoms with Gasteiger partial charge in [-0.2, -0.15) is 0 Å². The molecule has 1 unspecified atom stereocenters. The predicted octanol–water partition coefficient (Wildman–Crippen LogP) is 1.80. The highest BCUT2D eigenvalue weighted by Crippen LogP contribution is 2.25. The molecule has 1 heterocycles. The van der Waals surface area contributed by atoms with Gasteiger partial charge in [0.05, 0.1) is 18.8 Å². The number of nitrogens with zero attached hydrogens (tertiary/aromatic N) is 3.